The Morgan fingerprint density at radius 3 is 2.88 bits per heavy atom. The van der Waals surface area contributed by atoms with Crippen molar-refractivity contribution < 1.29 is 4.79 Å². The van der Waals surface area contributed by atoms with Gasteiger partial charge in [0, 0.05) is 24.3 Å². The summed E-state index contributed by atoms with van der Waals surface area (Å²) >= 11 is 1.20. The molecule has 0 saturated carbocycles. The standard InChI is InChI=1S/C10H11N5OS/c11-14-10(16)9-8(6-17-15-9)13-5-7-1-3-12-4-2-7/h1-4,6,13H,5,11H2,(H,14,16). The first kappa shape index (κ1) is 11.5. The molecule has 2 aromatic rings. The van der Waals surface area contributed by atoms with Crippen molar-refractivity contribution in [2.24, 2.45) is 5.84 Å². The molecule has 2 rings (SSSR count). The Kier molecular flexibility index (Phi) is 3.63. The summed E-state index contributed by atoms with van der Waals surface area (Å²) in [5, 5.41) is 4.90. The average molecular weight is 249 g/mol. The predicted octanol–water partition coefficient (Wildman–Crippen LogP) is 0.754. The van der Waals surface area contributed by atoms with Crippen molar-refractivity contribution in [2.45, 2.75) is 6.54 Å². The first-order chi connectivity index (χ1) is 8.31. The molecule has 88 valence electrons. The molecule has 0 fully saturated rings. The summed E-state index contributed by atoms with van der Waals surface area (Å²) in [7, 11) is 0. The first-order valence-electron chi connectivity index (χ1n) is 4.89. The number of carbonyl (C=O) groups excluding carboxylic acids is 1. The third-order valence-corrected chi connectivity index (χ3v) is 2.78. The number of aromatic nitrogens is 2. The number of hydrogen-bond donors (Lipinski definition) is 3. The van der Waals surface area contributed by atoms with Crippen molar-refractivity contribution in [1.29, 1.82) is 0 Å². The monoisotopic (exact) mass is 249 g/mol. The second-order valence-corrected chi connectivity index (χ2v) is 3.89. The molecule has 0 saturated heterocycles. The van der Waals surface area contributed by atoms with Crippen molar-refractivity contribution in [1.82, 2.24) is 14.8 Å². The number of hydrogen-bond acceptors (Lipinski definition) is 6. The number of nitrogens with zero attached hydrogens (tertiary/aromatic N) is 2. The van der Waals surface area contributed by atoms with E-state index in [1.54, 1.807) is 17.8 Å². The van der Waals surface area contributed by atoms with Gasteiger partial charge in [0.05, 0.1) is 5.69 Å². The molecular formula is C10H11N5OS. The number of anilines is 1. The molecule has 0 unspecified atom stereocenters. The van der Waals surface area contributed by atoms with Gasteiger partial charge in [0.15, 0.2) is 5.69 Å². The Morgan fingerprint density at radius 1 is 1.41 bits per heavy atom. The highest BCUT2D eigenvalue weighted by molar-refractivity contribution is 7.04. The normalized spacial score (nSPS) is 9.94. The van der Waals surface area contributed by atoms with Crippen LogP contribution in [0.2, 0.25) is 0 Å². The molecule has 6 nitrogen and oxygen atoms in total. The van der Waals surface area contributed by atoms with Crippen LogP contribution in [-0.4, -0.2) is 15.3 Å². The number of hydrazine groups is 1. The molecular weight excluding hydrogens is 238 g/mol. The summed E-state index contributed by atoms with van der Waals surface area (Å²) in [4.78, 5) is 15.3. The fourth-order valence-corrected chi connectivity index (χ4v) is 1.93. The van der Waals surface area contributed by atoms with Crippen LogP contribution in [0.25, 0.3) is 0 Å². The van der Waals surface area contributed by atoms with Crippen LogP contribution in [0, 0.1) is 0 Å². The Labute approximate surface area is 102 Å². The molecule has 0 bridgehead atoms. The summed E-state index contributed by atoms with van der Waals surface area (Å²) in [6, 6.07) is 3.80. The fourth-order valence-electron chi connectivity index (χ4n) is 1.29. The second kappa shape index (κ2) is 5.37. The van der Waals surface area contributed by atoms with Gasteiger partial charge in [-0.3, -0.25) is 15.2 Å². The van der Waals surface area contributed by atoms with Gasteiger partial charge in [0.25, 0.3) is 5.91 Å². The van der Waals surface area contributed by atoms with Crippen molar-refractivity contribution in [3.05, 3.63) is 41.2 Å². The van der Waals surface area contributed by atoms with E-state index in [2.05, 4.69) is 20.1 Å². The number of nitrogen functional groups attached to an aromatic ring is 1. The molecule has 0 aliphatic heterocycles. The predicted molar refractivity (Wildman–Crippen MR) is 65.3 cm³/mol. The Hall–Kier alpha value is -1.99. The van der Waals surface area contributed by atoms with E-state index in [1.807, 2.05) is 12.1 Å². The topological polar surface area (TPSA) is 92.9 Å². The lowest BCUT2D eigenvalue weighted by atomic mass is 10.2. The number of amides is 1. The van der Waals surface area contributed by atoms with Crippen LogP contribution in [0.4, 0.5) is 5.69 Å². The fraction of sp³-hybridized carbons (Fsp3) is 0.100. The number of nitrogens with two attached hydrogens (primary N) is 1. The lowest BCUT2D eigenvalue weighted by molar-refractivity contribution is 0.0950. The highest BCUT2D eigenvalue weighted by Gasteiger charge is 2.12. The Bertz CT molecular complexity index is 498. The van der Waals surface area contributed by atoms with Crippen molar-refractivity contribution in [3.63, 3.8) is 0 Å². The maximum Gasteiger partial charge on any atom is 0.287 e. The minimum absolute atomic E-state index is 0.312. The van der Waals surface area contributed by atoms with Gasteiger partial charge in [-0.1, -0.05) is 0 Å². The van der Waals surface area contributed by atoms with Crippen molar-refractivity contribution in [3.8, 4) is 0 Å². The van der Waals surface area contributed by atoms with E-state index >= 15 is 0 Å². The van der Waals surface area contributed by atoms with Gasteiger partial charge in [0.1, 0.15) is 0 Å². The molecule has 4 N–H and O–H groups in total. The minimum Gasteiger partial charge on any atom is -0.378 e. The summed E-state index contributed by atoms with van der Waals surface area (Å²) in [6.07, 6.45) is 3.44. The van der Waals surface area contributed by atoms with Crippen LogP contribution < -0.4 is 16.6 Å². The molecule has 0 spiro atoms. The largest absolute Gasteiger partial charge is 0.378 e. The molecule has 0 aliphatic rings. The molecule has 0 aromatic carbocycles. The first-order valence-corrected chi connectivity index (χ1v) is 5.73. The molecule has 7 heteroatoms. The molecule has 0 atom stereocenters. The molecule has 0 aliphatic carbocycles. The SMILES string of the molecule is NNC(=O)c1nscc1NCc1ccncc1. The van der Waals surface area contributed by atoms with Crippen LogP contribution in [0.15, 0.2) is 29.9 Å². The average Bonchev–Trinajstić information content (AvgIpc) is 2.85. The van der Waals surface area contributed by atoms with Crippen LogP contribution in [0.1, 0.15) is 16.1 Å². The Morgan fingerprint density at radius 2 is 2.18 bits per heavy atom. The van der Waals surface area contributed by atoms with E-state index in [0.29, 0.717) is 17.9 Å². The zero-order valence-electron chi connectivity index (χ0n) is 8.88. The van der Waals surface area contributed by atoms with E-state index in [4.69, 9.17) is 5.84 Å². The third-order valence-electron chi connectivity index (χ3n) is 2.15. The molecule has 2 aromatic heterocycles. The van der Waals surface area contributed by atoms with Crippen LogP contribution in [0.5, 0.6) is 0 Å². The van der Waals surface area contributed by atoms with Crippen LogP contribution in [-0.2, 0) is 6.54 Å². The van der Waals surface area contributed by atoms with Gasteiger partial charge < -0.3 is 5.32 Å². The number of carbonyl (C=O) groups is 1. The molecule has 2 heterocycles. The second-order valence-electron chi connectivity index (χ2n) is 3.26. The lowest BCUT2D eigenvalue weighted by Crippen LogP contribution is -2.30. The number of pyridine rings is 1. The molecule has 17 heavy (non-hydrogen) atoms. The van der Waals surface area contributed by atoms with Crippen LogP contribution in [0.3, 0.4) is 0 Å². The van der Waals surface area contributed by atoms with E-state index in [0.717, 1.165) is 5.56 Å². The van der Waals surface area contributed by atoms with Crippen molar-refractivity contribution >= 4 is 23.1 Å². The van der Waals surface area contributed by atoms with Gasteiger partial charge in [-0.05, 0) is 29.2 Å². The third kappa shape index (κ3) is 2.77. The summed E-state index contributed by atoms with van der Waals surface area (Å²) in [6.45, 7) is 0.603. The lowest BCUT2D eigenvalue weighted by Gasteiger charge is -2.05. The maximum absolute atomic E-state index is 11.4. The number of rotatable bonds is 4. The van der Waals surface area contributed by atoms with E-state index < -0.39 is 5.91 Å². The smallest absolute Gasteiger partial charge is 0.287 e. The summed E-state index contributed by atoms with van der Waals surface area (Å²) < 4.78 is 3.97. The van der Waals surface area contributed by atoms with Gasteiger partial charge in [-0.15, -0.1) is 0 Å². The van der Waals surface area contributed by atoms with E-state index in [1.165, 1.54) is 11.5 Å². The highest BCUT2D eigenvalue weighted by Crippen LogP contribution is 2.17. The van der Waals surface area contributed by atoms with Gasteiger partial charge in [0.2, 0.25) is 0 Å². The molecule has 1 amide bonds. The van der Waals surface area contributed by atoms with Crippen molar-refractivity contribution in [2.75, 3.05) is 5.32 Å². The quantitative estimate of drug-likeness (QED) is 0.422. The minimum atomic E-state index is -0.400. The van der Waals surface area contributed by atoms with Crippen LogP contribution >= 0.6 is 11.5 Å². The van der Waals surface area contributed by atoms with Gasteiger partial charge >= 0.3 is 0 Å². The van der Waals surface area contributed by atoms with E-state index in [9.17, 15) is 4.79 Å². The highest BCUT2D eigenvalue weighted by atomic mass is 32.1. The van der Waals surface area contributed by atoms with Gasteiger partial charge in [-0.25, -0.2) is 5.84 Å². The maximum atomic E-state index is 11.4. The Balaban J connectivity index is 2.05. The summed E-state index contributed by atoms with van der Waals surface area (Å²) in [5.41, 5.74) is 4.12. The zero-order chi connectivity index (χ0) is 12.1. The summed E-state index contributed by atoms with van der Waals surface area (Å²) in [5.74, 6) is 4.67. The molecule has 0 radical (unpaired) electrons. The zero-order valence-corrected chi connectivity index (χ0v) is 9.70. The van der Waals surface area contributed by atoms with E-state index in [-0.39, 0.29) is 0 Å². The number of nitrogens with one attached hydrogen (secondary N) is 2. The van der Waals surface area contributed by atoms with Gasteiger partial charge in [-0.2, -0.15) is 4.37 Å².